The molecule has 1 amide bonds. The van der Waals surface area contributed by atoms with Gasteiger partial charge in [0.2, 0.25) is 0 Å². The van der Waals surface area contributed by atoms with E-state index in [2.05, 4.69) is 5.32 Å². The normalized spacial score (nSPS) is 10.5. The Kier molecular flexibility index (Phi) is 4.70. The molecule has 0 fully saturated rings. The first-order valence-corrected chi connectivity index (χ1v) is 7.44. The summed E-state index contributed by atoms with van der Waals surface area (Å²) in [6.07, 6.45) is 0. The topological polar surface area (TPSA) is 55.4 Å². The average molecular weight is 341 g/mol. The van der Waals surface area contributed by atoms with E-state index in [1.54, 1.807) is 24.3 Å². The summed E-state index contributed by atoms with van der Waals surface area (Å²) in [5, 5.41) is 3.93. The molecule has 6 heteroatoms. The molecule has 0 aliphatic carbocycles. The van der Waals surface area contributed by atoms with Gasteiger partial charge in [-0.3, -0.25) is 4.79 Å². The van der Waals surface area contributed by atoms with Crippen LogP contribution in [-0.2, 0) is 9.53 Å². The first-order valence-electron chi connectivity index (χ1n) is 7.44. The summed E-state index contributed by atoms with van der Waals surface area (Å²) in [5.74, 6) is -3.39. The summed E-state index contributed by atoms with van der Waals surface area (Å²) in [4.78, 5) is 24.0. The number of ether oxygens (including phenoxy) is 1. The van der Waals surface area contributed by atoms with Gasteiger partial charge in [-0.15, -0.1) is 0 Å². The molecule has 3 aromatic carbocycles. The lowest BCUT2D eigenvalue weighted by atomic mass is 10.1. The fourth-order valence-corrected chi connectivity index (χ4v) is 2.38. The largest absolute Gasteiger partial charge is 0.452 e. The smallest absolute Gasteiger partial charge is 0.339 e. The number of rotatable bonds is 4. The second-order valence-electron chi connectivity index (χ2n) is 5.28. The molecule has 0 saturated heterocycles. The third kappa shape index (κ3) is 3.80. The minimum absolute atomic E-state index is 0.0742. The second kappa shape index (κ2) is 7.09. The Labute approximate surface area is 142 Å². The van der Waals surface area contributed by atoms with E-state index in [4.69, 9.17) is 4.74 Å². The number of esters is 1. The van der Waals surface area contributed by atoms with Crippen molar-refractivity contribution >= 4 is 28.3 Å². The van der Waals surface area contributed by atoms with Crippen molar-refractivity contribution in [3.63, 3.8) is 0 Å². The van der Waals surface area contributed by atoms with Crippen molar-refractivity contribution in [1.29, 1.82) is 0 Å². The monoisotopic (exact) mass is 341 g/mol. The lowest BCUT2D eigenvalue weighted by molar-refractivity contribution is -0.119. The molecule has 0 aliphatic heterocycles. The molecule has 0 aromatic heterocycles. The molecule has 126 valence electrons. The van der Waals surface area contributed by atoms with Crippen LogP contribution in [0.25, 0.3) is 10.8 Å². The van der Waals surface area contributed by atoms with Crippen LogP contribution in [0.3, 0.4) is 0 Å². The van der Waals surface area contributed by atoms with Gasteiger partial charge in [-0.25, -0.2) is 13.6 Å². The minimum Gasteiger partial charge on any atom is -0.452 e. The van der Waals surface area contributed by atoms with Crippen LogP contribution in [0.2, 0.25) is 0 Å². The molecule has 3 rings (SSSR count). The molecular weight excluding hydrogens is 328 g/mol. The third-order valence-corrected chi connectivity index (χ3v) is 3.55. The van der Waals surface area contributed by atoms with Crippen molar-refractivity contribution < 1.29 is 23.1 Å². The highest BCUT2D eigenvalue weighted by Gasteiger charge is 2.13. The number of anilines is 1. The Balaban J connectivity index is 1.65. The third-order valence-electron chi connectivity index (χ3n) is 3.55. The van der Waals surface area contributed by atoms with Crippen molar-refractivity contribution in [2.75, 3.05) is 11.9 Å². The lowest BCUT2D eigenvalue weighted by Gasteiger charge is -2.08. The van der Waals surface area contributed by atoms with E-state index in [0.29, 0.717) is 5.56 Å². The van der Waals surface area contributed by atoms with E-state index in [9.17, 15) is 18.4 Å². The van der Waals surface area contributed by atoms with Crippen molar-refractivity contribution in [3.8, 4) is 0 Å². The maximum absolute atomic E-state index is 13.1. The zero-order valence-corrected chi connectivity index (χ0v) is 13.0. The highest BCUT2D eigenvalue weighted by molar-refractivity contribution is 6.05. The molecule has 0 heterocycles. The fourth-order valence-electron chi connectivity index (χ4n) is 2.38. The van der Waals surface area contributed by atoms with Crippen molar-refractivity contribution in [2.24, 2.45) is 0 Å². The number of carbonyl (C=O) groups is 2. The number of carbonyl (C=O) groups excluding carboxylic acids is 2. The standard InChI is InChI=1S/C19H13F2NO3/c20-16-9-8-13(10-17(16)21)22-18(23)11-25-19(24)15-7-3-5-12-4-1-2-6-14(12)15/h1-10H,11H2,(H,22,23). The van der Waals surface area contributed by atoms with Gasteiger partial charge in [0.05, 0.1) is 5.56 Å². The SMILES string of the molecule is O=C(COC(=O)c1cccc2ccccc12)Nc1ccc(F)c(F)c1. The molecule has 1 N–H and O–H groups in total. The maximum Gasteiger partial charge on any atom is 0.339 e. The minimum atomic E-state index is -1.08. The maximum atomic E-state index is 13.1. The zero-order valence-electron chi connectivity index (χ0n) is 13.0. The Hall–Kier alpha value is -3.28. The van der Waals surface area contributed by atoms with Gasteiger partial charge in [0.15, 0.2) is 18.2 Å². The molecule has 0 bridgehead atoms. The van der Waals surface area contributed by atoms with E-state index in [1.807, 2.05) is 18.2 Å². The van der Waals surface area contributed by atoms with Gasteiger partial charge in [-0.1, -0.05) is 36.4 Å². The molecular formula is C19H13F2NO3. The van der Waals surface area contributed by atoms with Gasteiger partial charge < -0.3 is 10.1 Å². The van der Waals surface area contributed by atoms with Gasteiger partial charge >= 0.3 is 5.97 Å². The van der Waals surface area contributed by atoms with Gasteiger partial charge in [0.1, 0.15) is 0 Å². The Morgan fingerprint density at radius 3 is 2.48 bits per heavy atom. The first-order chi connectivity index (χ1) is 12.0. The molecule has 0 unspecified atom stereocenters. The summed E-state index contributed by atoms with van der Waals surface area (Å²) in [6.45, 7) is -0.541. The highest BCUT2D eigenvalue weighted by Crippen LogP contribution is 2.19. The number of benzene rings is 3. The second-order valence-corrected chi connectivity index (χ2v) is 5.28. The van der Waals surface area contributed by atoms with Crippen LogP contribution in [0.4, 0.5) is 14.5 Å². The summed E-state index contributed by atoms with van der Waals surface area (Å²) in [5.41, 5.74) is 0.420. The highest BCUT2D eigenvalue weighted by atomic mass is 19.2. The van der Waals surface area contributed by atoms with E-state index in [0.717, 1.165) is 22.9 Å². The summed E-state index contributed by atoms with van der Waals surface area (Å²) in [6, 6.07) is 15.5. The molecule has 0 atom stereocenters. The number of hydrogen-bond acceptors (Lipinski definition) is 3. The van der Waals surface area contributed by atoms with Crippen LogP contribution >= 0.6 is 0 Å². The van der Waals surface area contributed by atoms with Crippen LogP contribution < -0.4 is 5.32 Å². The summed E-state index contributed by atoms with van der Waals surface area (Å²) >= 11 is 0. The average Bonchev–Trinajstić information content (AvgIpc) is 2.62. The van der Waals surface area contributed by atoms with Crippen LogP contribution in [0.1, 0.15) is 10.4 Å². The zero-order chi connectivity index (χ0) is 17.8. The quantitative estimate of drug-likeness (QED) is 0.732. The summed E-state index contributed by atoms with van der Waals surface area (Å²) < 4.78 is 31.0. The van der Waals surface area contributed by atoms with E-state index < -0.39 is 30.1 Å². The number of nitrogens with one attached hydrogen (secondary N) is 1. The Morgan fingerprint density at radius 1 is 0.920 bits per heavy atom. The molecule has 3 aromatic rings. The van der Waals surface area contributed by atoms with Crippen LogP contribution in [0, 0.1) is 11.6 Å². The lowest BCUT2D eigenvalue weighted by Crippen LogP contribution is -2.21. The molecule has 4 nitrogen and oxygen atoms in total. The Morgan fingerprint density at radius 2 is 1.68 bits per heavy atom. The molecule has 0 radical (unpaired) electrons. The number of amides is 1. The molecule has 25 heavy (non-hydrogen) atoms. The van der Waals surface area contributed by atoms with E-state index in [1.165, 1.54) is 6.07 Å². The van der Waals surface area contributed by atoms with Crippen molar-refractivity contribution in [3.05, 3.63) is 77.9 Å². The van der Waals surface area contributed by atoms with Crippen molar-refractivity contribution in [1.82, 2.24) is 0 Å². The van der Waals surface area contributed by atoms with E-state index in [-0.39, 0.29) is 5.69 Å². The predicted molar refractivity (Wildman–Crippen MR) is 89.2 cm³/mol. The summed E-state index contributed by atoms with van der Waals surface area (Å²) in [7, 11) is 0. The predicted octanol–water partition coefficient (Wildman–Crippen LogP) is 3.91. The molecule has 0 aliphatic rings. The van der Waals surface area contributed by atoms with Gasteiger partial charge in [0.25, 0.3) is 5.91 Å². The Bertz CT molecular complexity index is 951. The van der Waals surface area contributed by atoms with E-state index >= 15 is 0 Å². The van der Waals surface area contributed by atoms with Crippen LogP contribution in [0.15, 0.2) is 60.7 Å². The molecule has 0 spiro atoms. The van der Waals surface area contributed by atoms with Crippen molar-refractivity contribution in [2.45, 2.75) is 0 Å². The number of fused-ring (bicyclic) bond motifs is 1. The van der Waals surface area contributed by atoms with Crippen LogP contribution in [-0.4, -0.2) is 18.5 Å². The van der Waals surface area contributed by atoms with Gasteiger partial charge in [-0.2, -0.15) is 0 Å². The van der Waals surface area contributed by atoms with Gasteiger partial charge in [0, 0.05) is 11.8 Å². The van der Waals surface area contributed by atoms with Crippen LogP contribution in [0.5, 0.6) is 0 Å². The number of hydrogen-bond donors (Lipinski definition) is 1. The molecule has 0 saturated carbocycles. The first kappa shape index (κ1) is 16.6. The fraction of sp³-hybridized carbons (Fsp3) is 0.0526. The van der Waals surface area contributed by atoms with Gasteiger partial charge in [-0.05, 0) is 29.0 Å². The number of halogens is 2.